The molecule has 3 aliphatic heterocycles. The number of cyclic esters (lactones) is 1. The van der Waals surface area contributed by atoms with Crippen LogP contribution in [0.3, 0.4) is 0 Å². The molecule has 3 atom stereocenters. The molecule has 1 aromatic heterocycles. The van der Waals surface area contributed by atoms with Crippen molar-refractivity contribution in [1.82, 2.24) is 19.9 Å². The predicted molar refractivity (Wildman–Crippen MR) is 143 cm³/mol. The average molecular weight is 535 g/mol. The van der Waals surface area contributed by atoms with E-state index in [4.69, 9.17) is 20.3 Å². The summed E-state index contributed by atoms with van der Waals surface area (Å²) >= 11 is 0. The highest BCUT2D eigenvalue weighted by atomic mass is 16.5. The molecule has 2 fully saturated rings. The standard InChI is InChI=1S/C28H35N7O4/c1-17-19(3-4-22-23(17)15-39-28(22)37)25-14-34-10-11-35(13-18(34)9-12-38-25)27(36)21-5-7-24-20(21)6-8-26(32-24)30-16-31-33(2)29/h3-4,6,8,16,18,21,25H,5,7,9-15,29H2,1-2H3,(H,30,31,32)/p+1. The second-order valence-corrected chi connectivity index (χ2v) is 10.8. The lowest BCUT2D eigenvalue weighted by atomic mass is 9.94. The summed E-state index contributed by atoms with van der Waals surface area (Å²) in [5.41, 5.74) is 5.90. The number of piperazine rings is 1. The summed E-state index contributed by atoms with van der Waals surface area (Å²) in [7, 11) is 1.66. The van der Waals surface area contributed by atoms with E-state index in [1.165, 1.54) is 5.12 Å². The first kappa shape index (κ1) is 25.9. The molecule has 0 saturated carbocycles. The number of aryl methyl sites for hydroxylation is 1. The lowest BCUT2D eigenvalue weighted by molar-refractivity contribution is -0.438. The van der Waals surface area contributed by atoms with Crippen molar-refractivity contribution in [2.24, 2.45) is 10.9 Å². The molecule has 11 heteroatoms. The highest BCUT2D eigenvalue weighted by Crippen LogP contribution is 2.36. The lowest BCUT2D eigenvalue weighted by Gasteiger charge is -2.41. The van der Waals surface area contributed by atoms with E-state index in [2.05, 4.69) is 21.8 Å². The Balaban J connectivity index is 1.10. The number of ether oxygens (including phenoxy) is 2. The number of carbonyl (C=O) groups is 2. The van der Waals surface area contributed by atoms with Crippen molar-refractivity contribution in [3.8, 4) is 0 Å². The Morgan fingerprint density at radius 1 is 1.21 bits per heavy atom. The fourth-order valence-electron chi connectivity index (χ4n) is 6.39. The number of nitrogens with two attached hydrogens (primary N) is 2. The molecule has 6 rings (SSSR count). The van der Waals surface area contributed by atoms with Crippen molar-refractivity contribution in [3.63, 3.8) is 0 Å². The molecule has 2 saturated heterocycles. The molecule has 3 unspecified atom stereocenters. The predicted octanol–water partition coefficient (Wildman–Crippen LogP) is 0.708. The first-order chi connectivity index (χ1) is 18.9. The van der Waals surface area contributed by atoms with Crippen molar-refractivity contribution in [2.45, 2.75) is 50.9 Å². The molecule has 39 heavy (non-hydrogen) atoms. The van der Waals surface area contributed by atoms with E-state index in [9.17, 15) is 9.59 Å². The van der Waals surface area contributed by atoms with Gasteiger partial charge >= 0.3 is 5.97 Å². The molecule has 4 N–H and O–H groups in total. The Bertz CT molecular complexity index is 1310. The normalized spacial score (nSPS) is 24.7. The van der Waals surface area contributed by atoms with Gasteiger partial charge in [-0.1, -0.05) is 6.07 Å². The largest absolute Gasteiger partial charge is 0.457 e. The number of pyridine rings is 1. The molecule has 2 aromatic rings. The number of quaternary nitrogens is 1. The number of rotatable bonds is 5. The Kier molecular flexibility index (Phi) is 7.06. The molecule has 206 valence electrons. The minimum Gasteiger partial charge on any atom is -0.457 e. The van der Waals surface area contributed by atoms with Crippen LogP contribution in [0.25, 0.3) is 0 Å². The van der Waals surface area contributed by atoms with Gasteiger partial charge in [0.25, 0.3) is 0 Å². The fraction of sp³-hybridized carbons (Fsp3) is 0.500. The second kappa shape index (κ2) is 10.6. The maximum Gasteiger partial charge on any atom is 0.338 e. The number of hydrazine groups is 1. The van der Waals surface area contributed by atoms with Gasteiger partial charge in [-0.05, 0) is 55.0 Å². The Morgan fingerprint density at radius 2 is 2.05 bits per heavy atom. The summed E-state index contributed by atoms with van der Waals surface area (Å²) in [6, 6.07) is 8.14. The van der Waals surface area contributed by atoms with E-state index in [1.807, 2.05) is 29.6 Å². The van der Waals surface area contributed by atoms with E-state index in [-0.39, 0.29) is 29.9 Å². The zero-order chi connectivity index (χ0) is 27.1. The third-order valence-corrected chi connectivity index (χ3v) is 8.51. The highest BCUT2D eigenvalue weighted by molar-refractivity contribution is 5.94. The zero-order valence-electron chi connectivity index (χ0n) is 22.5. The van der Waals surface area contributed by atoms with Crippen molar-refractivity contribution in [3.05, 3.63) is 57.8 Å². The monoisotopic (exact) mass is 534 g/mol. The van der Waals surface area contributed by atoms with Gasteiger partial charge in [0.15, 0.2) is 0 Å². The van der Waals surface area contributed by atoms with Gasteiger partial charge in [0.2, 0.25) is 18.1 Å². The molecular weight excluding hydrogens is 498 g/mol. The van der Waals surface area contributed by atoms with Crippen molar-refractivity contribution in [1.29, 1.82) is 0 Å². The summed E-state index contributed by atoms with van der Waals surface area (Å²) in [6.45, 7) is 6.06. The third kappa shape index (κ3) is 5.03. The average Bonchev–Trinajstić information content (AvgIpc) is 3.45. The van der Waals surface area contributed by atoms with Gasteiger partial charge < -0.3 is 14.4 Å². The van der Waals surface area contributed by atoms with E-state index in [0.717, 1.165) is 66.1 Å². The minimum atomic E-state index is -0.244. The number of hydrazone groups is 1. The molecule has 4 aliphatic rings. The molecule has 11 nitrogen and oxygen atoms in total. The Labute approximate surface area is 227 Å². The van der Waals surface area contributed by atoms with Crippen LogP contribution >= 0.6 is 0 Å². The minimum absolute atomic E-state index is 0.0627. The SMILES string of the molecule is Cc1c(C2CN3CCN(C(=O)C4CCc5nc([NH2+]/C=N\N(C)N)ccc54)CC3CCO2)ccc2c1COC2=O. The number of esters is 1. The number of amides is 1. The van der Waals surface area contributed by atoms with Gasteiger partial charge in [0, 0.05) is 57.5 Å². The molecular formula is C28H36N7O4+. The summed E-state index contributed by atoms with van der Waals surface area (Å²) in [5, 5.41) is 7.06. The second-order valence-electron chi connectivity index (χ2n) is 10.8. The molecule has 0 radical (unpaired) electrons. The van der Waals surface area contributed by atoms with Crippen LogP contribution in [0.15, 0.2) is 29.4 Å². The Morgan fingerprint density at radius 3 is 2.90 bits per heavy atom. The van der Waals surface area contributed by atoms with E-state index >= 15 is 0 Å². The van der Waals surface area contributed by atoms with Gasteiger partial charge in [0.05, 0.1) is 23.3 Å². The van der Waals surface area contributed by atoms with Crippen LogP contribution in [-0.4, -0.2) is 84.0 Å². The van der Waals surface area contributed by atoms with Gasteiger partial charge in [-0.25, -0.2) is 20.7 Å². The quantitative estimate of drug-likeness (QED) is 0.189. The first-order valence-corrected chi connectivity index (χ1v) is 13.7. The number of hydrogen-bond donors (Lipinski definition) is 2. The van der Waals surface area contributed by atoms with Gasteiger partial charge in [-0.2, -0.15) is 0 Å². The lowest BCUT2D eigenvalue weighted by Crippen LogP contribution is -2.77. The number of hydrogen-bond acceptors (Lipinski definition) is 9. The third-order valence-electron chi connectivity index (χ3n) is 8.51. The van der Waals surface area contributed by atoms with Crippen LogP contribution < -0.4 is 11.2 Å². The molecule has 0 bridgehead atoms. The van der Waals surface area contributed by atoms with Gasteiger partial charge in [0.1, 0.15) is 6.61 Å². The van der Waals surface area contributed by atoms with Crippen LogP contribution in [0.2, 0.25) is 0 Å². The van der Waals surface area contributed by atoms with Gasteiger partial charge in [-0.3, -0.25) is 15.0 Å². The fourth-order valence-corrected chi connectivity index (χ4v) is 6.39. The van der Waals surface area contributed by atoms with Crippen LogP contribution in [0.5, 0.6) is 0 Å². The highest BCUT2D eigenvalue weighted by Gasteiger charge is 2.39. The zero-order valence-corrected chi connectivity index (χ0v) is 22.5. The number of benzene rings is 1. The smallest absolute Gasteiger partial charge is 0.338 e. The van der Waals surface area contributed by atoms with Crippen molar-refractivity contribution >= 4 is 24.0 Å². The maximum atomic E-state index is 13.7. The summed E-state index contributed by atoms with van der Waals surface area (Å²) in [6.07, 6.45) is 4.04. The van der Waals surface area contributed by atoms with Crippen LogP contribution in [0.4, 0.5) is 5.82 Å². The molecule has 1 amide bonds. The number of nitrogens with zero attached hydrogens (tertiary/aromatic N) is 5. The number of fused-ring (bicyclic) bond motifs is 3. The molecule has 1 aliphatic carbocycles. The summed E-state index contributed by atoms with van der Waals surface area (Å²) in [4.78, 5) is 34.9. The Hall–Kier alpha value is -3.38. The summed E-state index contributed by atoms with van der Waals surface area (Å²) < 4.78 is 11.6. The molecule has 4 heterocycles. The molecule has 0 spiro atoms. The van der Waals surface area contributed by atoms with Gasteiger partial charge in [-0.15, -0.1) is 5.10 Å². The van der Waals surface area contributed by atoms with Crippen LogP contribution in [-0.2, 0) is 27.3 Å². The van der Waals surface area contributed by atoms with E-state index < -0.39 is 0 Å². The topological polar surface area (TPSA) is 130 Å². The van der Waals surface area contributed by atoms with E-state index in [1.54, 1.807) is 13.4 Å². The number of carbonyl (C=O) groups excluding carboxylic acids is 2. The summed E-state index contributed by atoms with van der Waals surface area (Å²) in [5.74, 6) is 6.15. The van der Waals surface area contributed by atoms with Crippen LogP contribution in [0.1, 0.15) is 63.2 Å². The van der Waals surface area contributed by atoms with Crippen molar-refractivity contribution < 1.29 is 24.4 Å². The first-order valence-electron chi connectivity index (χ1n) is 13.7. The van der Waals surface area contributed by atoms with Crippen LogP contribution in [0, 0.1) is 6.92 Å². The van der Waals surface area contributed by atoms with E-state index in [0.29, 0.717) is 31.9 Å². The number of aromatic nitrogens is 1. The van der Waals surface area contributed by atoms with Crippen molar-refractivity contribution in [2.75, 3.05) is 39.8 Å². The molecule has 1 aromatic carbocycles. The maximum absolute atomic E-state index is 13.7.